The van der Waals surface area contributed by atoms with Crippen LogP contribution in [0.3, 0.4) is 0 Å². The fourth-order valence-electron chi connectivity index (χ4n) is 2.02. The molecule has 2 N–H and O–H groups in total. The third kappa shape index (κ3) is 4.39. The van der Waals surface area contributed by atoms with Crippen LogP contribution in [-0.2, 0) is 16.2 Å². The van der Waals surface area contributed by atoms with Gasteiger partial charge in [-0.05, 0) is 23.3 Å². The lowest BCUT2D eigenvalue weighted by molar-refractivity contribution is -0.184. The van der Waals surface area contributed by atoms with E-state index >= 15 is 0 Å². The average molecular weight is 349 g/mol. The van der Waals surface area contributed by atoms with Gasteiger partial charge in [0.05, 0.1) is 6.61 Å². The van der Waals surface area contributed by atoms with Crippen LogP contribution in [0.4, 0.5) is 0 Å². The van der Waals surface area contributed by atoms with Gasteiger partial charge in [0.25, 0.3) is 0 Å². The second-order valence-electron chi connectivity index (χ2n) is 4.66. The second kappa shape index (κ2) is 7.36. The second-order valence-corrected chi connectivity index (χ2v) is 5.58. The first-order valence-electron chi connectivity index (χ1n) is 6.52. The number of likely N-dealkylation sites (N-methyl/N-ethyl adjacent to an activating group) is 1. The van der Waals surface area contributed by atoms with Gasteiger partial charge in [-0.1, -0.05) is 58.4 Å². The van der Waals surface area contributed by atoms with Crippen molar-refractivity contribution in [2.45, 2.75) is 12.6 Å². The van der Waals surface area contributed by atoms with Crippen molar-refractivity contribution >= 4 is 21.8 Å². The maximum atomic E-state index is 11.7. The van der Waals surface area contributed by atoms with E-state index in [1.165, 1.54) is 5.06 Å². The SMILES string of the molecule is CN(OCc1ccccc1)[C@H](C(N)=O)c1ccc(Br)cc1. The molecule has 0 radical (unpaired) electrons. The molecule has 0 fully saturated rings. The summed E-state index contributed by atoms with van der Waals surface area (Å²) in [6.07, 6.45) is 0. The molecule has 0 saturated carbocycles. The number of carbonyl (C=O) groups is 1. The number of carbonyl (C=O) groups excluding carboxylic acids is 1. The predicted octanol–water partition coefficient (Wildman–Crippen LogP) is 3.04. The molecule has 2 aromatic rings. The van der Waals surface area contributed by atoms with Gasteiger partial charge in [-0.15, -0.1) is 0 Å². The van der Waals surface area contributed by atoms with E-state index in [-0.39, 0.29) is 0 Å². The normalized spacial score (nSPS) is 12.3. The summed E-state index contributed by atoms with van der Waals surface area (Å²) in [6, 6.07) is 16.6. The fraction of sp³-hybridized carbons (Fsp3) is 0.188. The highest BCUT2D eigenvalue weighted by Crippen LogP contribution is 2.22. The molecule has 0 heterocycles. The number of halogens is 1. The van der Waals surface area contributed by atoms with Gasteiger partial charge in [0, 0.05) is 11.5 Å². The van der Waals surface area contributed by atoms with Gasteiger partial charge in [0.2, 0.25) is 5.91 Å². The number of hydroxylamine groups is 2. The van der Waals surface area contributed by atoms with Crippen molar-refractivity contribution in [2.75, 3.05) is 7.05 Å². The summed E-state index contributed by atoms with van der Waals surface area (Å²) in [5, 5.41) is 1.50. The van der Waals surface area contributed by atoms with E-state index in [9.17, 15) is 4.79 Å². The van der Waals surface area contributed by atoms with Crippen molar-refractivity contribution in [3.05, 3.63) is 70.2 Å². The van der Waals surface area contributed by atoms with Crippen molar-refractivity contribution in [3.63, 3.8) is 0 Å². The van der Waals surface area contributed by atoms with Gasteiger partial charge in [0.1, 0.15) is 6.04 Å². The zero-order valence-electron chi connectivity index (χ0n) is 11.7. The highest BCUT2D eigenvalue weighted by atomic mass is 79.9. The molecule has 21 heavy (non-hydrogen) atoms. The Morgan fingerprint density at radius 2 is 1.81 bits per heavy atom. The van der Waals surface area contributed by atoms with E-state index in [1.54, 1.807) is 7.05 Å². The molecule has 0 unspecified atom stereocenters. The minimum absolute atomic E-state index is 0.387. The highest BCUT2D eigenvalue weighted by Gasteiger charge is 2.23. The number of primary amides is 1. The quantitative estimate of drug-likeness (QED) is 0.816. The summed E-state index contributed by atoms with van der Waals surface area (Å²) in [6.45, 7) is 0.387. The van der Waals surface area contributed by atoms with Crippen molar-refractivity contribution in [1.29, 1.82) is 0 Å². The number of nitrogens with two attached hydrogens (primary N) is 1. The molecule has 1 amide bonds. The minimum Gasteiger partial charge on any atom is -0.368 e. The Morgan fingerprint density at radius 3 is 2.38 bits per heavy atom. The highest BCUT2D eigenvalue weighted by molar-refractivity contribution is 9.10. The Kier molecular flexibility index (Phi) is 5.50. The molecule has 1 atom stereocenters. The molecular formula is C16H17BrN2O2. The van der Waals surface area contributed by atoms with Crippen molar-refractivity contribution in [3.8, 4) is 0 Å². The maximum Gasteiger partial charge on any atom is 0.241 e. The third-order valence-corrected chi connectivity index (χ3v) is 3.63. The summed E-state index contributed by atoms with van der Waals surface area (Å²) in [5.74, 6) is -0.451. The predicted molar refractivity (Wildman–Crippen MR) is 85.1 cm³/mol. The van der Waals surface area contributed by atoms with Gasteiger partial charge in [-0.3, -0.25) is 9.63 Å². The number of amides is 1. The lowest BCUT2D eigenvalue weighted by atomic mass is 10.1. The standard InChI is InChI=1S/C16H17BrN2O2/c1-19(21-11-12-5-3-2-4-6-12)15(16(18)20)13-7-9-14(17)10-8-13/h2-10,15H,11H2,1H3,(H2,18,20)/t15-/m0/s1. The largest absolute Gasteiger partial charge is 0.368 e. The summed E-state index contributed by atoms with van der Waals surface area (Å²) < 4.78 is 0.947. The zero-order valence-corrected chi connectivity index (χ0v) is 13.3. The van der Waals surface area contributed by atoms with Crippen LogP contribution in [0, 0.1) is 0 Å². The van der Waals surface area contributed by atoms with Crippen LogP contribution in [0.25, 0.3) is 0 Å². The lowest BCUT2D eigenvalue weighted by Crippen LogP contribution is -2.35. The van der Waals surface area contributed by atoms with Gasteiger partial charge < -0.3 is 5.73 Å². The van der Waals surface area contributed by atoms with Gasteiger partial charge in [0.15, 0.2) is 0 Å². The van der Waals surface area contributed by atoms with E-state index in [2.05, 4.69) is 15.9 Å². The van der Waals surface area contributed by atoms with Crippen LogP contribution >= 0.6 is 15.9 Å². The fourth-order valence-corrected chi connectivity index (χ4v) is 2.29. The molecule has 0 bridgehead atoms. The number of rotatable bonds is 6. The molecule has 0 aliphatic rings. The van der Waals surface area contributed by atoms with Gasteiger partial charge >= 0.3 is 0 Å². The van der Waals surface area contributed by atoms with Crippen LogP contribution in [0.2, 0.25) is 0 Å². The van der Waals surface area contributed by atoms with E-state index in [1.807, 2.05) is 54.6 Å². The number of benzene rings is 2. The first-order chi connectivity index (χ1) is 10.1. The Bertz CT molecular complexity index is 587. The van der Waals surface area contributed by atoms with Crippen LogP contribution < -0.4 is 5.73 Å². The monoisotopic (exact) mass is 348 g/mol. The summed E-state index contributed by atoms with van der Waals surface area (Å²) in [7, 11) is 1.71. The molecule has 0 aliphatic heterocycles. The Balaban J connectivity index is 2.07. The van der Waals surface area contributed by atoms with Gasteiger partial charge in [-0.25, -0.2) is 0 Å². The van der Waals surface area contributed by atoms with Gasteiger partial charge in [-0.2, -0.15) is 5.06 Å². The molecule has 0 aliphatic carbocycles. The van der Waals surface area contributed by atoms with E-state index in [0.29, 0.717) is 6.61 Å². The molecule has 0 aromatic heterocycles. The third-order valence-electron chi connectivity index (χ3n) is 3.10. The molecule has 0 saturated heterocycles. The van der Waals surface area contributed by atoms with Crippen molar-refractivity contribution < 1.29 is 9.63 Å². The summed E-state index contributed by atoms with van der Waals surface area (Å²) >= 11 is 3.37. The molecular weight excluding hydrogens is 332 g/mol. The Morgan fingerprint density at radius 1 is 1.19 bits per heavy atom. The summed E-state index contributed by atoms with van der Waals surface area (Å²) in [5.41, 5.74) is 7.33. The topological polar surface area (TPSA) is 55.6 Å². The number of nitrogens with zero attached hydrogens (tertiary/aromatic N) is 1. The van der Waals surface area contributed by atoms with Crippen LogP contribution in [0.15, 0.2) is 59.1 Å². The molecule has 110 valence electrons. The van der Waals surface area contributed by atoms with Crippen LogP contribution in [0.5, 0.6) is 0 Å². The summed E-state index contributed by atoms with van der Waals surface area (Å²) in [4.78, 5) is 17.4. The van der Waals surface area contributed by atoms with Crippen molar-refractivity contribution in [1.82, 2.24) is 5.06 Å². The smallest absolute Gasteiger partial charge is 0.241 e. The molecule has 5 heteroatoms. The number of hydrogen-bond donors (Lipinski definition) is 1. The van der Waals surface area contributed by atoms with E-state index in [4.69, 9.17) is 10.6 Å². The van der Waals surface area contributed by atoms with Crippen LogP contribution in [0.1, 0.15) is 17.2 Å². The molecule has 2 aromatic carbocycles. The molecule has 0 spiro atoms. The maximum absolute atomic E-state index is 11.7. The minimum atomic E-state index is -0.623. The number of hydrogen-bond acceptors (Lipinski definition) is 3. The Hall–Kier alpha value is -1.69. The lowest BCUT2D eigenvalue weighted by Gasteiger charge is -2.25. The zero-order chi connectivity index (χ0) is 15.2. The van der Waals surface area contributed by atoms with E-state index in [0.717, 1.165) is 15.6 Å². The molecule has 4 nitrogen and oxygen atoms in total. The van der Waals surface area contributed by atoms with E-state index < -0.39 is 11.9 Å². The first-order valence-corrected chi connectivity index (χ1v) is 7.31. The molecule has 2 rings (SSSR count). The van der Waals surface area contributed by atoms with Crippen LogP contribution in [-0.4, -0.2) is 18.0 Å². The van der Waals surface area contributed by atoms with Crippen molar-refractivity contribution in [2.24, 2.45) is 5.73 Å². The first kappa shape index (κ1) is 15.7. The average Bonchev–Trinajstić information content (AvgIpc) is 2.48. The Labute approximate surface area is 132 Å².